The van der Waals surface area contributed by atoms with Crippen molar-refractivity contribution in [2.75, 3.05) is 20.8 Å². The summed E-state index contributed by atoms with van der Waals surface area (Å²) < 4.78 is 10.6. The van der Waals surface area contributed by atoms with Crippen LogP contribution in [0, 0.1) is 0 Å². The topological polar surface area (TPSA) is 88.2 Å². The van der Waals surface area contributed by atoms with Crippen LogP contribution in [0.4, 0.5) is 4.79 Å². The van der Waals surface area contributed by atoms with Crippen molar-refractivity contribution in [1.29, 1.82) is 0 Å². The van der Waals surface area contributed by atoms with E-state index >= 15 is 0 Å². The summed E-state index contributed by atoms with van der Waals surface area (Å²) in [6, 6.07) is 23.6. The largest absolute Gasteiger partial charge is 0.493 e. The molecule has 0 aromatic heterocycles. The van der Waals surface area contributed by atoms with Crippen LogP contribution in [0.1, 0.15) is 23.6 Å². The third-order valence-corrected chi connectivity index (χ3v) is 6.31. The highest BCUT2D eigenvalue weighted by atomic mass is 16.5. The van der Waals surface area contributed by atoms with Crippen LogP contribution in [-0.2, 0) is 28.2 Å². The van der Waals surface area contributed by atoms with E-state index in [1.54, 1.807) is 30.0 Å². The number of imide groups is 1. The maximum Gasteiger partial charge on any atom is 0.325 e. The Kier molecular flexibility index (Phi) is 7.24. The van der Waals surface area contributed by atoms with Gasteiger partial charge < -0.3 is 19.7 Å². The van der Waals surface area contributed by atoms with E-state index in [0.717, 1.165) is 16.0 Å². The number of benzene rings is 3. The van der Waals surface area contributed by atoms with Crippen LogP contribution in [0.3, 0.4) is 0 Å². The summed E-state index contributed by atoms with van der Waals surface area (Å²) in [5, 5.41) is 2.75. The SMILES string of the molecule is COc1ccc(C2(C)NC(=O)N(CC(=O)N(Cc3ccccc3)Cc3ccccc3)C2=O)cc1OC. The molecule has 1 heterocycles. The van der Waals surface area contributed by atoms with Gasteiger partial charge in [-0.2, -0.15) is 0 Å². The number of ether oxygens (including phenoxy) is 2. The molecule has 4 amide bonds. The first kappa shape index (κ1) is 24.8. The van der Waals surface area contributed by atoms with Crippen LogP contribution < -0.4 is 14.8 Å². The zero-order valence-corrected chi connectivity index (χ0v) is 20.6. The standard InChI is InChI=1S/C28H29N3O5/c1-28(22-14-15-23(35-2)24(16-22)36-3)26(33)31(27(34)29-28)19-25(32)30(17-20-10-6-4-7-11-20)18-21-12-8-5-9-13-21/h4-16H,17-19H2,1-3H3,(H,29,34). The first-order valence-corrected chi connectivity index (χ1v) is 11.6. The van der Waals surface area contributed by atoms with Crippen molar-refractivity contribution < 1.29 is 23.9 Å². The molecular weight excluding hydrogens is 458 g/mol. The number of nitrogens with one attached hydrogen (secondary N) is 1. The first-order chi connectivity index (χ1) is 17.4. The van der Waals surface area contributed by atoms with E-state index in [9.17, 15) is 14.4 Å². The summed E-state index contributed by atoms with van der Waals surface area (Å²) in [4.78, 5) is 42.4. The molecule has 0 radical (unpaired) electrons. The van der Waals surface area contributed by atoms with Gasteiger partial charge in [0.15, 0.2) is 11.5 Å². The molecule has 0 spiro atoms. The van der Waals surface area contributed by atoms with Gasteiger partial charge in [0, 0.05) is 13.1 Å². The third-order valence-electron chi connectivity index (χ3n) is 6.31. The van der Waals surface area contributed by atoms with E-state index in [0.29, 0.717) is 30.2 Å². The molecule has 1 saturated heterocycles. The fourth-order valence-electron chi connectivity index (χ4n) is 4.26. The van der Waals surface area contributed by atoms with Crippen LogP contribution >= 0.6 is 0 Å². The van der Waals surface area contributed by atoms with Gasteiger partial charge in [0.25, 0.3) is 5.91 Å². The van der Waals surface area contributed by atoms with Gasteiger partial charge in [-0.05, 0) is 35.7 Å². The Balaban J connectivity index is 1.56. The summed E-state index contributed by atoms with van der Waals surface area (Å²) >= 11 is 0. The number of hydrogen-bond donors (Lipinski definition) is 1. The zero-order valence-electron chi connectivity index (χ0n) is 20.6. The van der Waals surface area contributed by atoms with E-state index in [-0.39, 0.29) is 12.5 Å². The molecule has 36 heavy (non-hydrogen) atoms. The molecule has 186 valence electrons. The molecule has 3 aromatic carbocycles. The first-order valence-electron chi connectivity index (χ1n) is 11.6. The monoisotopic (exact) mass is 487 g/mol. The average Bonchev–Trinajstić information content (AvgIpc) is 3.12. The van der Waals surface area contributed by atoms with E-state index in [2.05, 4.69) is 5.32 Å². The lowest BCUT2D eigenvalue weighted by Gasteiger charge is -2.26. The van der Waals surface area contributed by atoms with Crippen LogP contribution in [0.15, 0.2) is 78.9 Å². The molecule has 1 fully saturated rings. The highest BCUT2D eigenvalue weighted by molar-refractivity contribution is 6.09. The predicted molar refractivity (Wildman–Crippen MR) is 134 cm³/mol. The van der Waals surface area contributed by atoms with E-state index in [1.165, 1.54) is 14.2 Å². The highest BCUT2D eigenvalue weighted by Gasteiger charge is 2.50. The lowest BCUT2D eigenvalue weighted by molar-refractivity contribution is -0.139. The molecule has 1 atom stereocenters. The molecule has 3 aromatic rings. The molecule has 1 N–H and O–H groups in total. The lowest BCUT2D eigenvalue weighted by atomic mass is 9.91. The van der Waals surface area contributed by atoms with Crippen LogP contribution in [-0.4, -0.2) is 48.4 Å². The molecule has 1 aliphatic heterocycles. The van der Waals surface area contributed by atoms with Crippen molar-refractivity contribution in [1.82, 2.24) is 15.1 Å². The van der Waals surface area contributed by atoms with Gasteiger partial charge in [0.05, 0.1) is 14.2 Å². The predicted octanol–water partition coefficient (Wildman–Crippen LogP) is 3.70. The highest BCUT2D eigenvalue weighted by Crippen LogP contribution is 2.35. The van der Waals surface area contributed by atoms with E-state index in [4.69, 9.17) is 9.47 Å². The van der Waals surface area contributed by atoms with Crippen LogP contribution in [0.25, 0.3) is 0 Å². The van der Waals surface area contributed by atoms with Gasteiger partial charge >= 0.3 is 6.03 Å². The fourth-order valence-corrected chi connectivity index (χ4v) is 4.26. The van der Waals surface area contributed by atoms with Crippen molar-refractivity contribution in [3.63, 3.8) is 0 Å². The van der Waals surface area contributed by atoms with Gasteiger partial charge in [-0.25, -0.2) is 4.79 Å². The Morgan fingerprint density at radius 1 is 0.861 bits per heavy atom. The quantitative estimate of drug-likeness (QED) is 0.465. The van der Waals surface area contributed by atoms with Crippen molar-refractivity contribution in [2.24, 2.45) is 0 Å². The maximum absolute atomic E-state index is 13.5. The smallest absolute Gasteiger partial charge is 0.325 e. The molecule has 0 saturated carbocycles. The Bertz CT molecular complexity index is 1210. The molecule has 4 rings (SSSR count). The molecular formula is C28H29N3O5. The van der Waals surface area contributed by atoms with Gasteiger partial charge in [-0.1, -0.05) is 66.7 Å². The second-order valence-electron chi connectivity index (χ2n) is 8.74. The Hall–Kier alpha value is -4.33. The lowest BCUT2D eigenvalue weighted by Crippen LogP contribution is -2.44. The second kappa shape index (κ2) is 10.5. The van der Waals surface area contributed by atoms with Crippen molar-refractivity contribution in [2.45, 2.75) is 25.6 Å². The van der Waals surface area contributed by atoms with Gasteiger partial charge in [-0.15, -0.1) is 0 Å². The Morgan fingerprint density at radius 3 is 1.94 bits per heavy atom. The van der Waals surface area contributed by atoms with Crippen molar-refractivity contribution in [3.8, 4) is 11.5 Å². The maximum atomic E-state index is 13.5. The van der Waals surface area contributed by atoms with Crippen molar-refractivity contribution >= 4 is 17.8 Å². The number of nitrogens with zero attached hydrogens (tertiary/aromatic N) is 2. The summed E-state index contributed by atoms with van der Waals surface area (Å²) in [5.41, 5.74) is 1.09. The van der Waals surface area contributed by atoms with Gasteiger partial charge in [0.1, 0.15) is 12.1 Å². The summed E-state index contributed by atoms with van der Waals surface area (Å²) in [6.07, 6.45) is 0. The molecule has 8 heteroatoms. The number of carbonyl (C=O) groups excluding carboxylic acids is 3. The van der Waals surface area contributed by atoms with Gasteiger partial charge in [-0.3, -0.25) is 14.5 Å². The molecule has 1 aliphatic rings. The molecule has 0 bridgehead atoms. The summed E-state index contributed by atoms with van der Waals surface area (Å²) in [7, 11) is 3.02. The molecule has 1 unspecified atom stereocenters. The van der Waals surface area contributed by atoms with Crippen molar-refractivity contribution in [3.05, 3.63) is 95.6 Å². The average molecular weight is 488 g/mol. The number of methoxy groups -OCH3 is 2. The summed E-state index contributed by atoms with van der Waals surface area (Å²) in [5.74, 6) is 0.103. The zero-order chi connectivity index (χ0) is 25.7. The molecule has 8 nitrogen and oxygen atoms in total. The van der Waals surface area contributed by atoms with E-state index < -0.39 is 17.5 Å². The minimum atomic E-state index is -1.35. The number of hydrogen-bond acceptors (Lipinski definition) is 5. The minimum Gasteiger partial charge on any atom is -0.493 e. The number of amides is 4. The summed E-state index contributed by atoms with van der Waals surface area (Å²) in [6.45, 7) is 1.95. The number of urea groups is 1. The second-order valence-corrected chi connectivity index (χ2v) is 8.74. The Morgan fingerprint density at radius 2 is 1.42 bits per heavy atom. The Labute approximate surface area is 210 Å². The number of carbonyl (C=O) groups is 3. The minimum absolute atomic E-state index is 0.331. The number of rotatable bonds is 9. The van der Waals surface area contributed by atoms with Crippen LogP contribution in [0.2, 0.25) is 0 Å². The normalized spacial score (nSPS) is 17.0. The fraction of sp³-hybridized carbons (Fsp3) is 0.250. The molecule has 0 aliphatic carbocycles. The van der Waals surface area contributed by atoms with Crippen LogP contribution in [0.5, 0.6) is 11.5 Å². The van der Waals surface area contributed by atoms with Gasteiger partial charge in [0.2, 0.25) is 5.91 Å². The third kappa shape index (κ3) is 5.02. The van der Waals surface area contributed by atoms with E-state index in [1.807, 2.05) is 60.7 Å².